The van der Waals surface area contributed by atoms with E-state index < -0.39 is 0 Å². The SMILES string of the molecule is CNCC#Cc1c(C)ccc2ccccc12. The molecule has 0 unspecified atom stereocenters. The Hall–Kier alpha value is -1.78. The van der Waals surface area contributed by atoms with Gasteiger partial charge in [-0.1, -0.05) is 48.2 Å². The minimum absolute atomic E-state index is 0.725. The lowest BCUT2D eigenvalue weighted by molar-refractivity contribution is 0.938. The zero-order valence-electron chi connectivity index (χ0n) is 9.67. The summed E-state index contributed by atoms with van der Waals surface area (Å²) in [5.74, 6) is 6.37. The lowest BCUT2D eigenvalue weighted by Gasteiger charge is -2.03. The predicted octanol–water partition coefficient (Wildman–Crippen LogP) is 2.72. The molecule has 0 fully saturated rings. The molecule has 0 heterocycles. The quantitative estimate of drug-likeness (QED) is 0.712. The van der Waals surface area contributed by atoms with Crippen LogP contribution in [0.2, 0.25) is 0 Å². The van der Waals surface area contributed by atoms with E-state index in [1.165, 1.54) is 16.3 Å². The van der Waals surface area contributed by atoms with Crippen molar-refractivity contribution >= 4 is 10.8 Å². The molecule has 0 aromatic heterocycles. The predicted molar refractivity (Wildman–Crippen MR) is 69.5 cm³/mol. The van der Waals surface area contributed by atoms with Gasteiger partial charge in [-0.15, -0.1) is 0 Å². The second kappa shape index (κ2) is 4.83. The average molecular weight is 209 g/mol. The van der Waals surface area contributed by atoms with Crippen molar-refractivity contribution in [3.8, 4) is 11.8 Å². The maximum absolute atomic E-state index is 3.24. The number of benzene rings is 2. The minimum atomic E-state index is 0.725. The summed E-state index contributed by atoms with van der Waals surface area (Å²) in [4.78, 5) is 0. The Morgan fingerprint density at radius 1 is 1.12 bits per heavy atom. The Bertz CT molecular complexity index is 558. The maximum Gasteiger partial charge on any atom is 0.0577 e. The molecule has 1 heteroatoms. The van der Waals surface area contributed by atoms with Crippen LogP contribution in [0.3, 0.4) is 0 Å². The van der Waals surface area contributed by atoms with Crippen molar-refractivity contribution in [2.24, 2.45) is 0 Å². The second-order valence-electron chi connectivity index (χ2n) is 3.81. The van der Waals surface area contributed by atoms with Gasteiger partial charge in [0.25, 0.3) is 0 Å². The highest BCUT2D eigenvalue weighted by Gasteiger charge is 2.00. The lowest BCUT2D eigenvalue weighted by atomic mass is 10.0. The molecule has 0 saturated carbocycles. The number of hydrogen-bond donors (Lipinski definition) is 1. The van der Waals surface area contributed by atoms with Crippen LogP contribution in [0.25, 0.3) is 10.8 Å². The molecule has 0 amide bonds. The summed E-state index contributed by atoms with van der Waals surface area (Å²) in [6, 6.07) is 12.6. The molecule has 0 saturated heterocycles. The molecule has 2 rings (SSSR count). The highest BCUT2D eigenvalue weighted by Crippen LogP contribution is 2.20. The molecule has 1 nitrogen and oxygen atoms in total. The van der Waals surface area contributed by atoms with E-state index in [9.17, 15) is 0 Å². The third-order valence-corrected chi connectivity index (χ3v) is 2.62. The Kier molecular flexibility index (Phi) is 3.24. The average Bonchev–Trinajstić information content (AvgIpc) is 2.32. The summed E-state index contributed by atoms with van der Waals surface area (Å²) in [6.45, 7) is 2.83. The van der Waals surface area contributed by atoms with Gasteiger partial charge in [-0.3, -0.25) is 0 Å². The first kappa shape index (κ1) is 10.7. The number of nitrogens with one attached hydrogen (secondary N) is 1. The molecule has 0 atom stereocenters. The molecule has 16 heavy (non-hydrogen) atoms. The van der Waals surface area contributed by atoms with Gasteiger partial charge in [0.15, 0.2) is 0 Å². The van der Waals surface area contributed by atoms with Crippen molar-refractivity contribution in [1.82, 2.24) is 5.32 Å². The Morgan fingerprint density at radius 3 is 2.75 bits per heavy atom. The van der Waals surface area contributed by atoms with Gasteiger partial charge < -0.3 is 5.32 Å². The fourth-order valence-corrected chi connectivity index (χ4v) is 1.77. The molecule has 0 radical (unpaired) electrons. The van der Waals surface area contributed by atoms with Crippen LogP contribution in [0.4, 0.5) is 0 Å². The van der Waals surface area contributed by atoms with Crippen LogP contribution >= 0.6 is 0 Å². The number of rotatable bonds is 1. The summed E-state index contributed by atoms with van der Waals surface area (Å²) in [7, 11) is 1.91. The monoisotopic (exact) mass is 209 g/mol. The van der Waals surface area contributed by atoms with Crippen LogP contribution in [0.5, 0.6) is 0 Å². The van der Waals surface area contributed by atoms with Crippen LogP contribution in [0.15, 0.2) is 36.4 Å². The number of aryl methyl sites for hydroxylation is 1. The second-order valence-corrected chi connectivity index (χ2v) is 3.81. The van der Waals surface area contributed by atoms with E-state index in [-0.39, 0.29) is 0 Å². The molecule has 2 aromatic carbocycles. The molecular weight excluding hydrogens is 194 g/mol. The Labute approximate surface area is 96.5 Å². The maximum atomic E-state index is 3.24. The van der Waals surface area contributed by atoms with Crippen molar-refractivity contribution in [1.29, 1.82) is 0 Å². The lowest BCUT2D eigenvalue weighted by Crippen LogP contribution is -2.04. The molecular formula is C15H15N. The molecule has 0 aliphatic rings. The van der Waals surface area contributed by atoms with Crippen LogP contribution < -0.4 is 5.32 Å². The van der Waals surface area contributed by atoms with Crippen LogP contribution in [0.1, 0.15) is 11.1 Å². The Balaban J connectivity index is 2.58. The van der Waals surface area contributed by atoms with Gasteiger partial charge in [-0.2, -0.15) is 0 Å². The third kappa shape index (κ3) is 2.08. The Morgan fingerprint density at radius 2 is 1.94 bits per heavy atom. The summed E-state index contributed by atoms with van der Waals surface area (Å²) in [5.41, 5.74) is 2.38. The van der Waals surface area contributed by atoms with E-state index in [0.29, 0.717) is 0 Å². The molecule has 1 N–H and O–H groups in total. The zero-order chi connectivity index (χ0) is 11.4. The van der Waals surface area contributed by atoms with E-state index in [1.54, 1.807) is 0 Å². The smallest absolute Gasteiger partial charge is 0.0577 e. The normalized spacial score (nSPS) is 9.88. The standard InChI is InChI=1S/C15H15N/c1-12-9-10-13-6-3-4-7-15(13)14(12)8-5-11-16-2/h3-4,6-7,9-10,16H,11H2,1-2H3. The van der Waals surface area contributed by atoms with Gasteiger partial charge in [0, 0.05) is 5.56 Å². The summed E-state index contributed by atoms with van der Waals surface area (Å²) < 4.78 is 0. The molecule has 0 spiro atoms. The highest BCUT2D eigenvalue weighted by molar-refractivity contribution is 5.89. The van der Waals surface area contributed by atoms with Crippen LogP contribution in [-0.4, -0.2) is 13.6 Å². The molecule has 2 aromatic rings. The first-order valence-corrected chi connectivity index (χ1v) is 5.45. The third-order valence-electron chi connectivity index (χ3n) is 2.62. The van der Waals surface area contributed by atoms with E-state index in [1.807, 2.05) is 7.05 Å². The van der Waals surface area contributed by atoms with E-state index in [4.69, 9.17) is 0 Å². The van der Waals surface area contributed by atoms with Crippen molar-refractivity contribution in [3.05, 3.63) is 47.5 Å². The topological polar surface area (TPSA) is 12.0 Å². The molecule has 0 bridgehead atoms. The first-order valence-electron chi connectivity index (χ1n) is 5.45. The largest absolute Gasteiger partial charge is 0.309 e. The minimum Gasteiger partial charge on any atom is -0.309 e. The van der Waals surface area contributed by atoms with Gasteiger partial charge >= 0.3 is 0 Å². The van der Waals surface area contributed by atoms with Crippen LogP contribution in [-0.2, 0) is 0 Å². The van der Waals surface area contributed by atoms with Crippen molar-refractivity contribution in [2.45, 2.75) is 6.92 Å². The highest BCUT2D eigenvalue weighted by atomic mass is 14.8. The summed E-state index contributed by atoms with van der Waals surface area (Å²) in [6.07, 6.45) is 0. The number of fused-ring (bicyclic) bond motifs is 1. The summed E-state index contributed by atoms with van der Waals surface area (Å²) >= 11 is 0. The van der Waals surface area contributed by atoms with Crippen LogP contribution in [0, 0.1) is 18.8 Å². The van der Waals surface area contributed by atoms with Gasteiger partial charge in [-0.05, 0) is 30.3 Å². The van der Waals surface area contributed by atoms with Gasteiger partial charge in [0.05, 0.1) is 6.54 Å². The first-order chi connectivity index (χ1) is 7.83. The molecule has 80 valence electrons. The fraction of sp³-hybridized carbons (Fsp3) is 0.200. The zero-order valence-corrected chi connectivity index (χ0v) is 9.67. The van der Waals surface area contributed by atoms with Crippen molar-refractivity contribution < 1.29 is 0 Å². The van der Waals surface area contributed by atoms with E-state index in [0.717, 1.165) is 12.1 Å². The molecule has 0 aliphatic heterocycles. The number of hydrogen-bond acceptors (Lipinski definition) is 1. The van der Waals surface area contributed by atoms with E-state index >= 15 is 0 Å². The van der Waals surface area contributed by atoms with Crippen molar-refractivity contribution in [2.75, 3.05) is 13.6 Å². The van der Waals surface area contributed by atoms with Gasteiger partial charge in [0.2, 0.25) is 0 Å². The fourth-order valence-electron chi connectivity index (χ4n) is 1.77. The van der Waals surface area contributed by atoms with Crippen molar-refractivity contribution in [3.63, 3.8) is 0 Å². The summed E-state index contributed by atoms with van der Waals surface area (Å²) in [5, 5.41) is 5.53. The van der Waals surface area contributed by atoms with Gasteiger partial charge in [-0.25, -0.2) is 0 Å². The van der Waals surface area contributed by atoms with E-state index in [2.05, 4.69) is 60.5 Å². The molecule has 0 aliphatic carbocycles. The van der Waals surface area contributed by atoms with Gasteiger partial charge in [0.1, 0.15) is 0 Å².